The SMILES string of the molecule is CCCCCCCCC(C)(C)C(=O)OCN1CCN(C2=Nc3ccccc3Nc3sc(C)cc32)CC1. The van der Waals surface area contributed by atoms with Crippen molar-refractivity contribution in [2.45, 2.75) is 72.6 Å². The van der Waals surface area contributed by atoms with Crippen LogP contribution in [0.25, 0.3) is 0 Å². The van der Waals surface area contributed by atoms with E-state index in [1.165, 1.54) is 42.5 Å². The van der Waals surface area contributed by atoms with Gasteiger partial charge in [0, 0.05) is 31.1 Å². The molecule has 36 heavy (non-hydrogen) atoms. The normalized spacial score (nSPS) is 16.0. The molecular weight excluding hydrogens is 468 g/mol. The van der Waals surface area contributed by atoms with Crippen LogP contribution < -0.4 is 5.32 Å². The van der Waals surface area contributed by atoms with E-state index in [0.717, 1.165) is 61.2 Å². The first kappa shape index (κ1) is 26.7. The molecule has 7 heteroatoms. The number of hydrogen-bond acceptors (Lipinski definition) is 7. The second-order valence-corrected chi connectivity index (χ2v) is 12.0. The summed E-state index contributed by atoms with van der Waals surface area (Å²) in [5.41, 5.74) is 2.77. The van der Waals surface area contributed by atoms with Crippen molar-refractivity contribution in [3.05, 3.63) is 40.8 Å². The van der Waals surface area contributed by atoms with Gasteiger partial charge in [-0.25, -0.2) is 4.99 Å². The number of aliphatic imine (C=N–C) groups is 1. The Bertz CT molecular complexity index is 1050. The Morgan fingerprint density at radius 1 is 1.08 bits per heavy atom. The minimum Gasteiger partial charge on any atom is -0.449 e. The van der Waals surface area contributed by atoms with Gasteiger partial charge in [0.1, 0.15) is 17.6 Å². The van der Waals surface area contributed by atoms with Crippen LogP contribution >= 0.6 is 11.3 Å². The van der Waals surface area contributed by atoms with Crippen LogP contribution in [0.3, 0.4) is 0 Å². The third-order valence-electron chi connectivity index (χ3n) is 7.23. The predicted octanol–water partition coefficient (Wildman–Crippen LogP) is 7.09. The Balaban J connectivity index is 1.29. The smallest absolute Gasteiger partial charge is 0.312 e. The number of carbonyl (C=O) groups excluding carboxylic acids is 1. The maximum atomic E-state index is 12.8. The Morgan fingerprint density at radius 2 is 1.81 bits per heavy atom. The lowest BCUT2D eigenvalue weighted by atomic mass is 9.87. The van der Waals surface area contributed by atoms with E-state index in [-0.39, 0.29) is 5.97 Å². The lowest BCUT2D eigenvalue weighted by Crippen LogP contribution is -2.49. The number of esters is 1. The van der Waals surface area contributed by atoms with Crippen LogP contribution in [0, 0.1) is 12.3 Å². The molecule has 1 saturated heterocycles. The van der Waals surface area contributed by atoms with Crippen LogP contribution in [-0.2, 0) is 9.53 Å². The Morgan fingerprint density at radius 3 is 2.58 bits per heavy atom. The van der Waals surface area contributed by atoms with Crippen molar-refractivity contribution in [2.24, 2.45) is 10.4 Å². The number of unbranched alkanes of at least 4 members (excludes halogenated alkanes) is 5. The highest BCUT2D eigenvalue weighted by Gasteiger charge is 2.30. The van der Waals surface area contributed by atoms with E-state index in [2.05, 4.69) is 47.2 Å². The number of aryl methyl sites for hydroxylation is 1. The number of carbonyl (C=O) groups is 1. The minimum atomic E-state index is -0.421. The van der Waals surface area contributed by atoms with E-state index < -0.39 is 5.41 Å². The molecule has 0 bridgehead atoms. The molecule has 1 aromatic heterocycles. The molecule has 1 aromatic carbocycles. The minimum absolute atomic E-state index is 0.0762. The van der Waals surface area contributed by atoms with Crippen LogP contribution in [0.5, 0.6) is 0 Å². The second kappa shape index (κ2) is 12.2. The van der Waals surface area contributed by atoms with Gasteiger partial charge in [0.05, 0.1) is 22.4 Å². The lowest BCUT2D eigenvalue weighted by molar-refractivity contribution is -0.160. The Hall–Kier alpha value is -2.38. The third-order valence-corrected chi connectivity index (χ3v) is 8.20. The number of hydrogen-bond donors (Lipinski definition) is 1. The molecule has 0 saturated carbocycles. The number of fused-ring (bicyclic) bond motifs is 2. The predicted molar refractivity (Wildman–Crippen MR) is 151 cm³/mol. The number of thiophene rings is 1. The molecule has 0 amide bonds. The zero-order valence-corrected chi connectivity index (χ0v) is 23.3. The van der Waals surface area contributed by atoms with Crippen molar-refractivity contribution in [3.8, 4) is 0 Å². The van der Waals surface area contributed by atoms with Gasteiger partial charge in [-0.05, 0) is 45.4 Å². The summed E-state index contributed by atoms with van der Waals surface area (Å²) in [5, 5.41) is 4.74. The summed E-state index contributed by atoms with van der Waals surface area (Å²) in [6.07, 6.45) is 8.33. The molecule has 1 N–H and O–H groups in total. The average Bonchev–Trinajstić information content (AvgIpc) is 3.16. The molecule has 0 atom stereocenters. The fourth-order valence-corrected chi connectivity index (χ4v) is 5.79. The second-order valence-electron chi connectivity index (χ2n) is 10.7. The van der Waals surface area contributed by atoms with Gasteiger partial charge in [-0.2, -0.15) is 0 Å². The standard InChI is InChI=1S/C29H42N4O2S/c1-5-6-7-8-9-12-15-29(3,4)28(34)35-21-32-16-18-33(19-17-32)26-23-20-22(2)36-27(23)31-25-14-11-10-13-24(25)30-26/h10-11,13-14,20,31H,5-9,12,15-19,21H2,1-4H3. The summed E-state index contributed by atoms with van der Waals surface area (Å²) in [6.45, 7) is 12.2. The molecule has 3 heterocycles. The van der Waals surface area contributed by atoms with Crippen LogP contribution in [-0.4, -0.2) is 54.5 Å². The summed E-state index contributed by atoms with van der Waals surface area (Å²) in [7, 11) is 0. The first-order chi connectivity index (χ1) is 17.4. The van der Waals surface area contributed by atoms with Gasteiger partial charge in [0.2, 0.25) is 0 Å². The zero-order chi connectivity index (χ0) is 25.5. The maximum Gasteiger partial charge on any atom is 0.312 e. The summed E-state index contributed by atoms with van der Waals surface area (Å²) in [4.78, 5) is 23.8. The van der Waals surface area contributed by atoms with E-state index in [1.54, 1.807) is 11.3 Å². The number of ether oxygens (including phenoxy) is 1. The topological polar surface area (TPSA) is 57.2 Å². The third kappa shape index (κ3) is 6.68. The maximum absolute atomic E-state index is 12.8. The summed E-state index contributed by atoms with van der Waals surface area (Å²) in [6, 6.07) is 10.5. The molecule has 0 spiro atoms. The summed E-state index contributed by atoms with van der Waals surface area (Å²) >= 11 is 1.77. The molecule has 0 unspecified atom stereocenters. The molecule has 1 fully saturated rings. The number of para-hydroxylation sites is 2. The van der Waals surface area contributed by atoms with Gasteiger partial charge >= 0.3 is 5.97 Å². The van der Waals surface area contributed by atoms with Crippen molar-refractivity contribution < 1.29 is 9.53 Å². The van der Waals surface area contributed by atoms with Crippen LogP contribution in [0.4, 0.5) is 16.4 Å². The van der Waals surface area contributed by atoms with Crippen LogP contribution in [0.1, 0.15) is 76.2 Å². The van der Waals surface area contributed by atoms with Gasteiger partial charge < -0.3 is 15.0 Å². The van der Waals surface area contributed by atoms with Gasteiger partial charge in [-0.1, -0.05) is 57.6 Å². The largest absolute Gasteiger partial charge is 0.449 e. The number of nitrogens with zero attached hydrogens (tertiary/aromatic N) is 3. The quantitative estimate of drug-likeness (QED) is 0.273. The van der Waals surface area contributed by atoms with E-state index in [1.807, 2.05) is 26.0 Å². The molecule has 4 rings (SSSR count). The van der Waals surface area contributed by atoms with Crippen molar-refractivity contribution in [1.29, 1.82) is 0 Å². The summed E-state index contributed by atoms with van der Waals surface area (Å²) < 4.78 is 5.78. The number of benzene rings is 1. The fraction of sp³-hybridized carbons (Fsp3) is 0.586. The average molecular weight is 511 g/mol. The number of anilines is 2. The van der Waals surface area contributed by atoms with E-state index in [4.69, 9.17) is 9.73 Å². The van der Waals surface area contributed by atoms with Gasteiger partial charge in [0.25, 0.3) is 0 Å². The molecule has 196 valence electrons. The molecule has 2 aromatic rings. The number of rotatable bonds is 10. The zero-order valence-electron chi connectivity index (χ0n) is 22.4. The highest BCUT2D eigenvalue weighted by molar-refractivity contribution is 7.16. The van der Waals surface area contributed by atoms with Crippen molar-refractivity contribution in [3.63, 3.8) is 0 Å². The number of amidine groups is 1. The van der Waals surface area contributed by atoms with Crippen LogP contribution in [0.15, 0.2) is 35.3 Å². The molecular formula is C29H42N4O2S. The highest BCUT2D eigenvalue weighted by Crippen LogP contribution is 2.39. The molecule has 0 radical (unpaired) electrons. The number of nitrogens with one attached hydrogen (secondary N) is 1. The van der Waals surface area contributed by atoms with Crippen LogP contribution in [0.2, 0.25) is 0 Å². The molecule has 2 aliphatic rings. The lowest BCUT2D eigenvalue weighted by Gasteiger charge is -2.36. The van der Waals surface area contributed by atoms with Gasteiger partial charge in [0.15, 0.2) is 0 Å². The van der Waals surface area contributed by atoms with Gasteiger partial charge in [-0.3, -0.25) is 9.69 Å². The first-order valence-electron chi connectivity index (χ1n) is 13.6. The Labute approximate surface area is 220 Å². The van der Waals surface area contributed by atoms with Crippen molar-refractivity contribution >= 4 is 39.5 Å². The highest BCUT2D eigenvalue weighted by atomic mass is 32.1. The number of piperazine rings is 1. The fourth-order valence-electron chi connectivity index (χ4n) is 4.87. The van der Waals surface area contributed by atoms with E-state index >= 15 is 0 Å². The molecule has 0 aliphatic carbocycles. The van der Waals surface area contributed by atoms with Crippen molar-refractivity contribution in [1.82, 2.24) is 9.80 Å². The monoisotopic (exact) mass is 510 g/mol. The Kier molecular flexibility index (Phi) is 9.07. The first-order valence-corrected chi connectivity index (χ1v) is 14.4. The van der Waals surface area contributed by atoms with E-state index in [0.29, 0.717) is 6.73 Å². The summed E-state index contributed by atoms with van der Waals surface area (Å²) in [5.74, 6) is 0.955. The van der Waals surface area contributed by atoms with Crippen molar-refractivity contribution in [2.75, 3.05) is 38.2 Å². The van der Waals surface area contributed by atoms with Gasteiger partial charge in [-0.15, -0.1) is 11.3 Å². The van der Waals surface area contributed by atoms with E-state index in [9.17, 15) is 4.79 Å². The molecule has 2 aliphatic heterocycles. The molecule has 6 nitrogen and oxygen atoms in total.